The second-order valence-electron chi connectivity index (χ2n) is 8.36. The van der Waals surface area contributed by atoms with Crippen LogP contribution in [-0.4, -0.2) is 5.71 Å². The van der Waals surface area contributed by atoms with Gasteiger partial charge in [0.15, 0.2) is 0 Å². The summed E-state index contributed by atoms with van der Waals surface area (Å²) in [5.41, 5.74) is 0.849. The summed E-state index contributed by atoms with van der Waals surface area (Å²) in [4.78, 5) is 0. The summed E-state index contributed by atoms with van der Waals surface area (Å²) >= 11 is 0. The third-order valence-corrected chi connectivity index (χ3v) is 7.33. The smallest absolute Gasteiger partial charge is 0.106 e. The minimum absolute atomic E-state index is 0.00995. The number of hydrogen-bond donors (Lipinski definition) is 1. The van der Waals surface area contributed by atoms with Gasteiger partial charge in [0.1, 0.15) is 5.83 Å². The van der Waals surface area contributed by atoms with Crippen LogP contribution in [0.2, 0.25) is 0 Å². The van der Waals surface area contributed by atoms with Gasteiger partial charge in [0, 0.05) is 17.5 Å². The molecule has 114 valence electrons. The maximum atomic E-state index is 14.9. The molecule has 0 aromatic heterocycles. The van der Waals surface area contributed by atoms with Gasteiger partial charge in [-0.25, -0.2) is 4.39 Å². The van der Waals surface area contributed by atoms with E-state index in [-0.39, 0.29) is 17.2 Å². The van der Waals surface area contributed by atoms with Crippen LogP contribution in [0.4, 0.5) is 4.39 Å². The number of halogens is 1. The van der Waals surface area contributed by atoms with Crippen molar-refractivity contribution in [2.75, 3.05) is 0 Å². The van der Waals surface area contributed by atoms with Gasteiger partial charge in [-0.15, -0.1) is 0 Å². The van der Waals surface area contributed by atoms with Gasteiger partial charge in [-0.2, -0.15) is 0 Å². The van der Waals surface area contributed by atoms with Gasteiger partial charge in [-0.1, -0.05) is 32.4 Å². The molecular weight excluding hydrogens is 261 g/mol. The van der Waals surface area contributed by atoms with Crippen LogP contribution >= 0.6 is 0 Å². The predicted molar refractivity (Wildman–Crippen MR) is 83.9 cm³/mol. The molecule has 0 amide bonds. The minimum atomic E-state index is -0.283. The fraction of sp³-hybridized carbons (Fsp3) is 0.737. The van der Waals surface area contributed by atoms with E-state index in [0.29, 0.717) is 35.3 Å². The SMILES string of the molecule is C[C@@]12CCC[C@H]1[C@@H]1C=C(F)C3C(=N)CC=C[C@]3(C)[C@H]1CC2. The Morgan fingerprint density at radius 3 is 2.81 bits per heavy atom. The summed E-state index contributed by atoms with van der Waals surface area (Å²) in [6.45, 7) is 4.64. The summed E-state index contributed by atoms with van der Waals surface area (Å²) in [5, 5.41) is 8.23. The second-order valence-corrected chi connectivity index (χ2v) is 8.36. The van der Waals surface area contributed by atoms with Crippen molar-refractivity contribution in [1.82, 2.24) is 0 Å². The Morgan fingerprint density at radius 2 is 2.00 bits per heavy atom. The number of rotatable bonds is 0. The average molecular weight is 287 g/mol. The lowest BCUT2D eigenvalue weighted by Crippen LogP contribution is -2.51. The first kappa shape index (κ1) is 13.7. The molecule has 2 fully saturated rings. The number of hydrogen-bond acceptors (Lipinski definition) is 1. The van der Waals surface area contributed by atoms with E-state index in [0.717, 1.165) is 0 Å². The highest BCUT2D eigenvalue weighted by Crippen LogP contribution is 2.64. The molecule has 0 aromatic carbocycles. The number of fused-ring (bicyclic) bond motifs is 5. The third kappa shape index (κ3) is 1.71. The van der Waals surface area contributed by atoms with Gasteiger partial charge in [0.2, 0.25) is 0 Å². The summed E-state index contributed by atoms with van der Waals surface area (Å²) in [6, 6.07) is 0. The highest BCUT2D eigenvalue weighted by molar-refractivity contribution is 5.89. The standard InChI is InChI=1S/C19H26FN/c1-18-8-3-5-13(18)12-11-15(20)17-16(21)6-4-9-19(17,2)14(12)7-10-18/h4,9,11-14,17,21H,3,5-8,10H2,1-2H3/t12-,13-,14-,17?,18-,19+/m0/s1. The van der Waals surface area contributed by atoms with Gasteiger partial charge >= 0.3 is 0 Å². The normalized spacial score (nSPS) is 52.0. The van der Waals surface area contributed by atoms with Gasteiger partial charge < -0.3 is 5.41 Å². The van der Waals surface area contributed by atoms with Gasteiger partial charge in [-0.05, 0) is 54.9 Å². The van der Waals surface area contributed by atoms with E-state index in [9.17, 15) is 4.39 Å². The zero-order valence-electron chi connectivity index (χ0n) is 13.2. The van der Waals surface area contributed by atoms with Crippen LogP contribution in [0, 0.1) is 39.9 Å². The van der Waals surface area contributed by atoms with E-state index in [1.165, 1.54) is 32.1 Å². The van der Waals surface area contributed by atoms with Crippen molar-refractivity contribution in [3.8, 4) is 0 Å². The zero-order chi connectivity index (χ0) is 14.8. The first-order chi connectivity index (χ1) is 9.96. The first-order valence-corrected chi connectivity index (χ1v) is 8.58. The first-order valence-electron chi connectivity index (χ1n) is 8.58. The largest absolute Gasteiger partial charge is 0.309 e. The quantitative estimate of drug-likeness (QED) is 0.585. The lowest BCUT2D eigenvalue weighted by molar-refractivity contribution is -0.00526. The monoisotopic (exact) mass is 287 g/mol. The van der Waals surface area contributed by atoms with Crippen molar-refractivity contribution in [3.63, 3.8) is 0 Å². The van der Waals surface area contributed by atoms with Crippen molar-refractivity contribution < 1.29 is 4.39 Å². The van der Waals surface area contributed by atoms with E-state index < -0.39 is 0 Å². The summed E-state index contributed by atoms with van der Waals surface area (Å²) in [7, 11) is 0. The molecule has 0 heterocycles. The molecular formula is C19H26FN. The Balaban J connectivity index is 1.81. The Morgan fingerprint density at radius 1 is 1.19 bits per heavy atom. The Bertz CT molecular complexity index is 548. The molecule has 4 aliphatic rings. The van der Waals surface area contributed by atoms with Crippen LogP contribution in [0.15, 0.2) is 24.1 Å². The fourth-order valence-electron chi connectivity index (χ4n) is 6.25. The highest BCUT2D eigenvalue weighted by Gasteiger charge is 2.57. The summed E-state index contributed by atoms with van der Waals surface area (Å²) < 4.78 is 14.9. The van der Waals surface area contributed by atoms with Crippen LogP contribution in [0.25, 0.3) is 0 Å². The molecule has 1 N–H and O–H groups in total. The van der Waals surface area contributed by atoms with E-state index >= 15 is 0 Å². The molecule has 0 aromatic rings. The maximum Gasteiger partial charge on any atom is 0.106 e. The molecule has 1 nitrogen and oxygen atoms in total. The predicted octanol–water partition coefficient (Wildman–Crippen LogP) is 5.29. The molecule has 4 aliphatic carbocycles. The summed E-state index contributed by atoms with van der Waals surface area (Å²) in [5.74, 6) is 1.28. The lowest BCUT2D eigenvalue weighted by atomic mass is 9.48. The molecule has 2 heteroatoms. The van der Waals surface area contributed by atoms with Crippen LogP contribution < -0.4 is 0 Å². The van der Waals surface area contributed by atoms with Gasteiger partial charge in [0.25, 0.3) is 0 Å². The van der Waals surface area contributed by atoms with E-state index in [1.807, 2.05) is 6.08 Å². The Labute approximate surface area is 127 Å². The topological polar surface area (TPSA) is 23.9 Å². The molecule has 0 saturated heterocycles. The average Bonchev–Trinajstić information content (AvgIpc) is 2.80. The zero-order valence-corrected chi connectivity index (χ0v) is 13.2. The van der Waals surface area contributed by atoms with Gasteiger partial charge in [-0.3, -0.25) is 0 Å². The minimum Gasteiger partial charge on any atom is -0.309 e. The molecule has 0 aliphatic heterocycles. The van der Waals surface area contributed by atoms with E-state index in [1.54, 1.807) is 0 Å². The number of allylic oxidation sites excluding steroid dienone is 4. The highest BCUT2D eigenvalue weighted by atomic mass is 19.1. The van der Waals surface area contributed by atoms with E-state index in [4.69, 9.17) is 5.41 Å². The molecule has 0 spiro atoms. The molecule has 0 bridgehead atoms. The van der Waals surface area contributed by atoms with Crippen LogP contribution in [0.3, 0.4) is 0 Å². The van der Waals surface area contributed by atoms with Gasteiger partial charge in [0.05, 0.1) is 5.92 Å². The van der Waals surface area contributed by atoms with Crippen molar-refractivity contribution in [2.24, 2.45) is 34.5 Å². The Hall–Kier alpha value is -0.920. The van der Waals surface area contributed by atoms with E-state index in [2.05, 4.69) is 26.0 Å². The molecule has 21 heavy (non-hydrogen) atoms. The van der Waals surface area contributed by atoms with Crippen molar-refractivity contribution in [2.45, 2.75) is 52.4 Å². The number of nitrogens with one attached hydrogen (secondary N) is 1. The molecule has 6 atom stereocenters. The van der Waals surface area contributed by atoms with Crippen molar-refractivity contribution in [1.29, 1.82) is 5.41 Å². The van der Waals surface area contributed by atoms with Crippen molar-refractivity contribution >= 4 is 5.71 Å². The second kappa shape index (κ2) is 4.30. The molecule has 0 radical (unpaired) electrons. The van der Waals surface area contributed by atoms with Crippen LogP contribution in [0.1, 0.15) is 52.4 Å². The fourth-order valence-corrected chi connectivity index (χ4v) is 6.25. The molecule has 1 unspecified atom stereocenters. The van der Waals surface area contributed by atoms with Crippen LogP contribution in [-0.2, 0) is 0 Å². The third-order valence-electron chi connectivity index (χ3n) is 7.33. The van der Waals surface area contributed by atoms with Crippen molar-refractivity contribution in [3.05, 3.63) is 24.1 Å². The molecule has 4 rings (SSSR count). The van der Waals surface area contributed by atoms with Crippen LogP contribution in [0.5, 0.6) is 0 Å². The summed E-state index contributed by atoms with van der Waals surface area (Å²) in [6.07, 6.45) is 13.3. The maximum absolute atomic E-state index is 14.9. The lowest BCUT2D eigenvalue weighted by Gasteiger charge is -2.56. The molecule has 2 saturated carbocycles. The Kier molecular flexibility index (Phi) is 2.81.